The summed E-state index contributed by atoms with van der Waals surface area (Å²) in [5.74, 6) is -0.104. The van der Waals surface area contributed by atoms with Crippen molar-refractivity contribution in [1.82, 2.24) is 4.57 Å². The number of para-hydroxylation sites is 1. The summed E-state index contributed by atoms with van der Waals surface area (Å²) in [4.78, 5) is 12.7. The Hall–Kier alpha value is -2.13. The Balaban J connectivity index is 2.41. The number of halogens is 2. The molecular formula is C17H13ClFNO. The highest BCUT2D eigenvalue weighted by Gasteiger charge is 2.13. The average Bonchev–Trinajstić information content (AvgIpc) is 2.48. The summed E-state index contributed by atoms with van der Waals surface area (Å²) in [6.45, 7) is 0. The Morgan fingerprint density at radius 3 is 2.52 bits per heavy atom. The van der Waals surface area contributed by atoms with Gasteiger partial charge in [0.1, 0.15) is 5.82 Å². The van der Waals surface area contributed by atoms with Crippen LogP contribution in [-0.4, -0.2) is 10.4 Å². The van der Waals surface area contributed by atoms with E-state index in [4.69, 9.17) is 11.6 Å². The molecule has 106 valence electrons. The minimum atomic E-state index is -0.500. The first-order valence-corrected chi connectivity index (χ1v) is 7.20. The van der Waals surface area contributed by atoms with Crippen LogP contribution in [0.1, 0.15) is 5.69 Å². The smallest absolute Gasteiger partial charge is 0.266 e. The lowest BCUT2D eigenvalue weighted by molar-refractivity contribution is 0.637. The predicted molar refractivity (Wildman–Crippen MR) is 83.9 cm³/mol. The number of nitrogens with zero attached hydrogens (tertiary/aromatic N) is 1. The molecule has 0 bridgehead atoms. The third kappa shape index (κ3) is 2.45. The van der Waals surface area contributed by atoms with Crippen molar-refractivity contribution in [2.45, 2.75) is 6.42 Å². The Bertz CT molecular complexity index is 843. The molecule has 0 aliphatic heterocycles. The van der Waals surface area contributed by atoms with Gasteiger partial charge in [0, 0.05) is 23.7 Å². The van der Waals surface area contributed by atoms with E-state index in [9.17, 15) is 9.18 Å². The maximum Gasteiger partial charge on any atom is 0.266 e. The number of rotatable bonds is 3. The van der Waals surface area contributed by atoms with E-state index >= 15 is 0 Å². The number of hydrogen-bond donors (Lipinski definition) is 0. The lowest BCUT2D eigenvalue weighted by Crippen LogP contribution is -2.23. The molecule has 4 heteroatoms. The Morgan fingerprint density at radius 1 is 1.05 bits per heavy atom. The van der Waals surface area contributed by atoms with Crippen molar-refractivity contribution in [3.8, 4) is 5.69 Å². The molecule has 0 radical (unpaired) electrons. The second-order valence-electron chi connectivity index (χ2n) is 4.75. The summed E-state index contributed by atoms with van der Waals surface area (Å²) in [6, 6.07) is 15.7. The Kier molecular flexibility index (Phi) is 3.76. The van der Waals surface area contributed by atoms with Crippen LogP contribution in [0.2, 0.25) is 0 Å². The zero-order chi connectivity index (χ0) is 14.8. The quantitative estimate of drug-likeness (QED) is 0.672. The fourth-order valence-electron chi connectivity index (χ4n) is 2.51. The molecule has 0 saturated carbocycles. The molecule has 2 aromatic carbocycles. The van der Waals surface area contributed by atoms with Crippen molar-refractivity contribution >= 4 is 22.4 Å². The van der Waals surface area contributed by atoms with Crippen LogP contribution in [0.15, 0.2) is 59.4 Å². The molecule has 3 rings (SSSR count). The molecule has 0 aliphatic carbocycles. The van der Waals surface area contributed by atoms with Crippen LogP contribution in [0.4, 0.5) is 4.39 Å². The first-order chi connectivity index (χ1) is 10.2. The van der Waals surface area contributed by atoms with E-state index in [0.29, 0.717) is 23.4 Å². The molecule has 2 nitrogen and oxygen atoms in total. The molecule has 0 unspecified atom stereocenters. The van der Waals surface area contributed by atoms with Crippen LogP contribution in [0.5, 0.6) is 0 Å². The maximum atomic E-state index is 14.0. The molecule has 0 fully saturated rings. The van der Waals surface area contributed by atoms with E-state index in [1.165, 1.54) is 10.6 Å². The van der Waals surface area contributed by atoms with Gasteiger partial charge in [-0.15, -0.1) is 11.6 Å². The summed E-state index contributed by atoms with van der Waals surface area (Å²) < 4.78 is 15.6. The highest BCUT2D eigenvalue weighted by Crippen LogP contribution is 2.19. The SMILES string of the molecule is O=c1c2c(F)cccc2cc(CCCl)n1-c1ccccc1. The second-order valence-corrected chi connectivity index (χ2v) is 5.13. The fraction of sp³-hybridized carbons (Fsp3) is 0.118. The van der Waals surface area contributed by atoms with Gasteiger partial charge < -0.3 is 0 Å². The largest absolute Gasteiger partial charge is 0.281 e. The predicted octanol–water partition coefficient (Wildman–Crippen LogP) is 3.91. The van der Waals surface area contributed by atoms with E-state index in [0.717, 1.165) is 5.69 Å². The van der Waals surface area contributed by atoms with E-state index < -0.39 is 5.82 Å². The number of aromatic nitrogens is 1. The van der Waals surface area contributed by atoms with Crippen LogP contribution in [0, 0.1) is 5.82 Å². The second kappa shape index (κ2) is 5.70. The number of hydrogen-bond acceptors (Lipinski definition) is 1. The minimum absolute atomic E-state index is 0.111. The van der Waals surface area contributed by atoms with Gasteiger partial charge in [-0.1, -0.05) is 30.3 Å². The highest BCUT2D eigenvalue weighted by molar-refractivity contribution is 6.18. The lowest BCUT2D eigenvalue weighted by Gasteiger charge is -2.14. The molecule has 1 heterocycles. The summed E-state index contributed by atoms with van der Waals surface area (Å²) in [5, 5.41) is 0.715. The molecule has 3 aromatic rings. The normalized spacial score (nSPS) is 11.0. The van der Waals surface area contributed by atoms with Crippen LogP contribution in [-0.2, 0) is 6.42 Å². The van der Waals surface area contributed by atoms with Crippen LogP contribution in [0.3, 0.4) is 0 Å². The summed E-state index contributed by atoms with van der Waals surface area (Å²) in [7, 11) is 0. The van der Waals surface area contributed by atoms with Crippen LogP contribution in [0.25, 0.3) is 16.5 Å². The molecule has 1 aromatic heterocycles. The first-order valence-electron chi connectivity index (χ1n) is 6.67. The maximum absolute atomic E-state index is 14.0. The van der Waals surface area contributed by atoms with Gasteiger partial charge in [-0.2, -0.15) is 0 Å². The third-order valence-corrected chi connectivity index (χ3v) is 3.63. The average molecular weight is 302 g/mol. The van der Waals surface area contributed by atoms with Crippen molar-refractivity contribution in [3.63, 3.8) is 0 Å². The van der Waals surface area contributed by atoms with Gasteiger partial charge in [0.2, 0.25) is 0 Å². The summed E-state index contributed by atoms with van der Waals surface area (Å²) in [5.41, 5.74) is 1.14. The van der Waals surface area contributed by atoms with Gasteiger partial charge in [0.05, 0.1) is 5.39 Å². The first kappa shape index (κ1) is 13.8. The van der Waals surface area contributed by atoms with Gasteiger partial charge in [-0.05, 0) is 29.7 Å². The van der Waals surface area contributed by atoms with Gasteiger partial charge >= 0.3 is 0 Å². The van der Waals surface area contributed by atoms with Crippen molar-refractivity contribution in [2.24, 2.45) is 0 Å². The van der Waals surface area contributed by atoms with Crippen molar-refractivity contribution in [1.29, 1.82) is 0 Å². The number of alkyl halides is 1. The monoisotopic (exact) mass is 301 g/mol. The standard InChI is InChI=1S/C17H13ClFNO/c18-10-9-14-11-12-5-4-8-15(19)16(12)17(21)20(14)13-6-2-1-3-7-13/h1-8,11H,9-10H2. The Morgan fingerprint density at radius 2 is 1.81 bits per heavy atom. The molecule has 0 atom stereocenters. The van der Waals surface area contributed by atoms with Crippen LogP contribution >= 0.6 is 11.6 Å². The Labute approximate surface area is 126 Å². The molecule has 0 amide bonds. The van der Waals surface area contributed by atoms with Crippen molar-refractivity contribution < 1.29 is 4.39 Å². The summed E-state index contributed by atoms with van der Waals surface area (Å²) in [6.07, 6.45) is 0.540. The van der Waals surface area contributed by atoms with Gasteiger partial charge in [0.25, 0.3) is 5.56 Å². The van der Waals surface area contributed by atoms with Gasteiger partial charge in [0.15, 0.2) is 0 Å². The van der Waals surface area contributed by atoms with E-state index in [2.05, 4.69) is 0 Å². The molecular weight excluding hydrogens is 289 g/mol. The fourth-order valence-corrected chi connectivity index (χ4v) is 2.71. The van der Waals surface area contributed by atoms with Crippen molar-refractivity contribution in [3.05, 3.63) is 76.5 Å². The molecule has 0 aliphatic rings. The molecule has 21 heavy (non-hydrogen) atoms. The number of benzene rings is 2. The molecule has 0 spiro atoms. The van der Waals surface area contributed by atoms with Crippen LogP contribution < -0.4 is 5.56 Å². The van der Waals surface area contributed by atoms with E-state index in [-0.39, 0.29) is 10.9 Å². The zero-order valence-electron chi connectivity index (χ0n) is 11.2. The van der Waals surface area contributed by atoms with Gasteiger partial charge in [-0.25, -0.2) is 4.39 Å². The van der Waals surface area contributed by atoms with E-state index in [1.807, 2.05) is 36.4 Å². The lowest BCUT2D eigenvalue weighted by atomic mass is 10.1. The minimum Gasteiger partial charge on any atom is -0.281 e. The van der Waals surface area contributed by atoms with E-state index in [1.54, 1.807) is 12.1 Å². The molecule has 0 saturated heterocycles. The van der Waals surface area contributed by atoms with Gasteiger partial charge in [-0.3, -0.25) is 9.36 Å². The van der Waals surface area contributed by atoms with Crippen molar-refractivity contribution in [2.75, 3.05) is 5.88 Å². The molecule has 0 N–H and O–H groups in total. The highest BCUT2D eigenvalue weighted by atomic mass is 35.5. The third-order valence-electron chi connectivity index (χ3n) is 3.44. The zero-order valence-corrected chi connectivity index (χ0v) is 12.0. The number of fused-ring (bicyclic) bond motifs is 1. The summed E-state index contributed by atoms with van der Waals surface area (Å²) >= 11 is 5.84. The number of pyridine rings is 1. The topological polar surface area (TPSA) is 22.0 Å². The number of aryl methyl sites for hydroxylation is 1.